The van der Waals surface area contributed by atoms with Crippen LogP contribution in [0.3, 0.4) is 0 Å². The van der Waals surface area contributed by atoms with Gasteiger partial charge in [0, 0.05) is 12.6 Å². The second kappa shape index (κ2) is 7.41. The molecule has 1 saturated heterocycles. The molecule has 1 aromatic rings. The average molecular weight is 275 g/mol. The number of benzene rings is 1. The smallest absolute Gasteiger partial charge is 0.237 e. The van der Waals surface area contributed by atoms with Crippen LogP contribution >= 0.6 is 0 Å². The fourth-order valence-electron chi connectivity index (χ4n) is 2.71. The predicted molar refractivity (Wildman–Crippen MR) is 81.4 cm³/mol. The Labute approximate surface area is 121 Å². The van der Waals surface area contributed by atoms with Crippen LogP contribution in [0.5, 0.6) is 0 Å². The molecule has 4 heteroatoms. The van der Waals surface area contributed by atoms with Crippen molar-refractivity contribution in [1.29, 1.82) is 0 Å². The first-order valence-electron chi connectivity index (χ1n) is 7.47. The Morgan fingerprint density at radius 2 is 1.95 bits per heavy atom. The highest BCUT2D eigenvalue weighted by Gasteiger charge is 2.19. The van der Waals surface area contributed by atoms with Crippen LogP contribution in [0.2, 0.25) is 0 Å². The summed E-state index contributed by atoms with van der Waals surface area (Å²) >= 11 is 0. The summed E-state index contributed by atoms with van der Waals surface area (Å²) in [5.41, 5.74) is 7.08. The molecule has 1 aromatic carbocycles. The Morgan fingerprint density at radius 1 is 1.30 bits per heavy atom. The highest BCUT2D eigenvalue weighted by Crippen LogP contribution is 2.07. The molecular weight excluding hydrogens is 250 g/mol. The van der Waals surface area contributed by atoms with Crippen LogP contribution < -0.4 is 11.1 Å². The molecule has 1 aliphatic rings. The van der Waals surface area contributed by atoms with Gasteiger partial charge in [-0.15, -0.1) is 0 Å². The van der Waals surface area contributed by atoms with Crippen LogP contribution in [-0.2, 0) is 11.2 Å². The van der Waals surface area contributed by atoms with Gasteiger partial charge in [0.05, 0.1) is 6.04 Å². The quantitative estimate of drug-likeness (QED) is 0.819. The molecule has 1 amide bonds. The topological polar surface area (TPSA) is 58.4 Å². The lowest BCUT2D eigenvalue weighted by Crippen LogP contribution is -2.48. The Balaban J connectivity index is 1.75. The zero-order valence-corrected chi connectivity index (χ0v) is 12.2. The minimum Gasteiger partial charge on any atom is -0.351 e. The molecule has 110 valence electrons. The third-order valence-corrected chi connectivity index (χ3v) is 3.75. The van der Waals surface area contributed by atoms with Crippen molar-refractivity contribution >= 4 is 5.91 Å². The molecule has 0 aromatic heterocycles. The Hall–Kier alpha value is -1.39. The van der Waals surface area contributed by atoms with Crippen molar-refractivity contribution in [2.24, 2.45) is 5.73 Å². The standard InChI is InChI=1S/C16H25N3O/c1-13(12-19-9-5-6-10-19)18-16(20)15(17)11-14-7-3-2-4-8-14/h2-4,7-8,13,15H,5-6,9-12,17H2,1H3,(H,18,20)/t13?,15-/m0/s1. The number of nitrogens with one attached hydrogen (secondary N) is 1. The summed E-state index contributed by atoms with van der Waals surface area (Å²) in [5, 5.41) is 3.02. The molecule has 0 aliphatic carbocycles. The maximum atomic E-state index is 12.1. The Morgan fingerprint density at radius 3 is 2.60 bits per heavy atom. The minimum absolute atomic E-state index is 0.0550. The molecule has 3 N–H and O–H groups in total. The van der Waals surface area contributed by atoms with Gasteiger partial charge in [-0.05, 0) is 44.8 Å². The molecule has 1 aliphatic heterocycles. The number of hydrogen-bond donors (Lipinski definition) is 2. The summed E-state index contributed by atoms with van der Waals surface area (Å²) in [6.45, 7) is 5.27. The van der Waals surface area contributed by atoms with Gasteiger partial charge in [0.1, 0.15) is 0 Å². The molecule has 1 fully saturated rings. The zero-order valence-electron chi connectivity index (χ0n) is 12.2. The molecule has 2 rings (SSSR count). The third-order valence-electron chi connectivity index (χ3n) is 3.75. The third kappa shape index (κ3) is 4.62. The van der Waals surface area contributed by atoms with E-state index in [0.29, 0.717) is 6.42 Å². The Bertz CT molecular complexity index is 415. The van der Waals surface area contributed by atoms with E-state index in [1.54, 1.807) is 0 Å². The minimum atomic E-state index is -0.474. The van der Waals surface area contributed by atoms with Gasteiger partial charge in [-0.25, -0.2) is 0 Å². The van der Waals surface area contributed by atoms with Crippen molar-refractivity contribution in [3.63, 3.8) is 0 Å². The summed E-state index contributed by atoms with van der Waals surface area (Å²) in [6, 6.07) is 9.58. The number of nitrogens with zero attached hydrogens (tertiary/aromatic N) is 1. The molecular formula is C16H25N3O. The second-order valence-corrected chi connectivity index (χ2v) is 5.71. The van der Waals surface area contributed by atoms with Crippen LogP contribution in [-0.4, -0.2) is 42.5 Å². The van der Waals surface area contributed by atoms with Crippen LogP contribution in [0.15, 0.2) is 30.3 Å². The van der Waals surface area contributed by atoms with E-state index in [-0.39, 0.29) is 11.9 Å². The van der Waals surface area contributed by atoms with Crippen molar-refractivity contribution in [1.82, 2.24) is 10.2 Å². The van der Waals surface area contributed by atoms with E-state index in [1.807, 2.05) is 37.3 Å². The maximum Gasteiger partial charge on any atom is 0.237 e. The van der Waals surface area contributed by atoms with E-state index in [0.717, 1.165) is 25.2 Å². The van der Waals surface area contributed by atoms with Gasteiger partial charge in [0.2, 0.25) is 5.91 Å². The molecule has 1 unspecified atom stereocenters. The maximum absolute atomic E-state index is 12.1. The second-order valence-electron chi connectivity index (χ2n) is 5.71. The predicted octanol–water partition coefficient (Wildman–Crippen LogP) is 1.16. The van der Waals surface area contributed by atoms with Crippen molar-refractivity contribution in [3.05, 3.63) is 35.9 Å². The number of carbonyl (C=O) groups is 1. The van der Waals surface area contributed by atoms with Crippen molar-refractivity contribution in [2.75, 3.05) is 19.6 Å². The van der Waals surface area contributed by atoms with Gasteiger partial charge < -0.3 is 16.0 Å². The van der Waals surface area contributed by atoms with Gasteiger partial charge in [0.15, 0.2) is 0 Å². The van der Waals surface area contributed by atoms with Crippen LogP contribution in [0, 0.1) is 0 Å². The summed E-state index contributed by atoms with van der Waals surface area (Å²) in [4.78, 5) is 14.5. The van der Waals surface area contributed by atoms with Gasteiger partial charge in [-0.3, -0.25) is 4.79 Å². The fraction of sp³-hybridized carbons (Fsp3) is 0.562. The lowest BCUT2D eigenvalue weighted by Gasteiger charge is -2.22. The van der Waals surface area contributed by atoms with Crippen molar-refractivity contribution in [2.45, 2.75) is 38.3 Å². The number of carbonyl (C=O) groups excluding carboxylic acids is 1. The summed E-state index contributed by atoms with van der Waals surface area (Å²) < 4.78 is 0. The summed E-state index contributed by atoms with van der Waals surface area (Å²) in [7, 11) is 0. The molecule has 1 heterocycles. The van der Waals surface area contributed by atoms with Crippen LogP contribution in [0.25, 0.3) is 0 Å². The van der Waals surface area contributed by atoms with Crippen molar-refractivity contribution in [3.8, 4) is 0 Å². The Kier molecular flexibility index (Phi) is 5.56. The molecule has 0 saturated carbocycles. The van der Waals surface area contributed by atoms with Gasteiger partial charge in [0.25, 0.3) is 0 Å². The first kappa shape index (κ1) is 15.0. The van der Waals surface area contributed by atoms with E-state index >= 15 is 0 Å². The van der Waals surface area contributed by atoms with Gasteiger partial charge in [-0.1, -0.05) is 30.3 Å². The number of hydrogen-bond acceptors (Lipinski definition) is 3. The SMILES string of the molecule is CC(CN1CCCC1)NC(=O)[C@@H](N)Cc1ccccc1. The molecule has 4 nitrogen and oxygen atoms in total. The summed E-state index contributed by atoms with van der Waals surface area (Å²) in [5.74, 6) is -0.0550. The average Bonchev–Trinajstić information content (AvgIpc) is 2.92. The summed E-state index contributed by atoms with van der Waals surface area (Å²) in [6.07, 6.45) is 3.13. The normalized spacial score (nSPS) is 18.7. The van der Waals surface area contributed by atoms with E-state index < -0.39 is 6.04 Å². The van der Waals surface area contributed by atoms with Gasteiger partial charge >= 0.3 is 0 Å². The number of nitrogens with two attached hydrogens (primary N) is 1. The number of rotatable bonds is 6. The molecule has 2 atom stereocenters. The molecule has 0 radical (unpaired) electrons. The number of likely N-dealkylation sites (tertiary alicyclic amines) is 1. The van der Waals surface area contributed by atoms with E-state index in [2.05, 4.69) is 10.2 Å². The van der Waals surface area contributed by atoms with Crippen LogP contribution in [0.1, 0.15) is 25.3 Å². The van der Waals surface area contributed by atoms with Gasteiger partial charge in [-0.2, -0.15) is 0 Å². The van der Waals surface area contributed by atoms with Crippen molar-refractivity contribution < 1.29 is 4.79 Å². The first-order chi connectivity index (χ1) is 9.65. The number of amides is 1. The lowest BCUT2D eigenvalue weighted by molar-refractivity contribution is -0.123. The largest absolute Gasteiger partial charge is 0.351 e. The van der Waals surface area contributed by atoms with E-state index in [1.165, 1.54) is 12.8 Å². The van der Waals surface area contributed by atoms with E-state index in [4.69, 9.17) is 5.73 Å². The highest BCUT2D eigenvalue weighted by molar-refractivity contribution is 5.82. The lowest BCUT2D eigenvalue weighted by atomic mass is 10.1. The van der Waals surface area contributed by atoms with Crippen LogP contribution in [0.4, 0.5) is 0 Å². The molecule has 0 bridgehead atoms. The zero-order chi connectivity index (χ0) is 14.4. The molecule has 20 heavy (non-hydrogen) atoms. The first-order valence-corrected chi connectivity index (χ1v) is 7.47. The molecule has 0 spiro atoms. The monoisotopic (exact) mass is 275 g/mol. The highest BCUT2D eigenvalue weighted by atomic mass is 16.2. The fourth-order valence-corrected chi connectivity index (χ4v) is 2.71. The van der Waals surface area contributed by atoms with E-state index in [9.17, 15) is 4.79 Å².